The van der Waals surface area contributed by atoms with Crippen LogP contribution in [-0.2, 0) is 6.54 Å². The lowest BCUT2D eigenvalue weighted by molar-refractivity contribution is 0.474. The van der Waals surface area contributed by atoms with Crippen molar-refractivity contribution < 1.29 is 5.11 Å². The summed E-state index contributed by atoms with van der Waals surface area (Å²) in [5, 5.41) is 9.41. The Hall–Kier alpha value is -1.96. The number of phenolic OH excluding ortho intramolecular Hbond substituents is 1. The van der Waals surface area contributed by atoms with Gasteiger partial charge in [-0.3, -0.25) is 0 Å². The molecule has 2 heteroatoms. The molecule has 0 aliphatic carbocycles. The van der Waals surface area contributed by atoms with Crippen LogP contribution < -0.4 is 4.90 Å². The van der Waals surface area contributed by atoms with Crippen LogP contribution in [0.5, 0.6) is 5.75 Å². The molecule has 0 amide bonds. The van der Waals surface area contributed by atoms with E-state index in [2.05, 4.69) is 43.1 Å². The Bertz CT molecular complexity index is 491. The van der Waals surface area contributed by atoms with Crippen LogP contribution in [-0.4, -0.2) is 12.2 Å². The van der Waals surface area contributed by atoms with Gasteiger partial charge in [0, 0.05) is 19.3 Å². The van der Waals surface area contributed by atoms with Crippen LogP contribution in [0.2, 0.25) is 0 Å². The average Bonchev–Trinajstić information content (AvgIpc) is 2.29. The van der Waals surface area contributed by atoms with Crippen molar-refractivity contribution in [2.45, 2.75) is 13.5 Å². The zero-order valence-electron chi connectivity index (χ0n) is 10.2. The van der Waals surface area contributed by atoms with E-state index in [0.717, 1.165) is 12.1 Å². The summed E-state index contributed by atoms with van der Waals surface area (Å²) in [6.07, 6.45) is 0. The van der Waals surface area contributed by atoms with E-state index in [1.54, 1.807) is 12.1 Å². The van der Waals surface area contributed by atoms with Crippen LogP contribution in [0.15, 0.2) is 48.5 Å². The smallest absolute Gasteiger partial charge is 0.115 e. The van der Waals surface area contributed by atoms with Gasteiger partial charge in [-0.2, -0.15) is 0 Å². The van der Waals surface area contributed by atoms with Crippen LogP contribution >= 0.6 is 0 Å². The topological polar surface area (TPSA) is 23.5 Å². The fraction of sp³-hybridized carbons (Fsp3) is 0.200. The van der Waals surface area contributed by atoms with E-state index in [-0.39, 0.29) is 0 Å². The maximum Gasteiger partial charge on any atom is 0.115 e. The lowest BCUT2D eigenvalue weighted by atomic mass is 10.2. The third kappa shape index (κ3) is 3.00. The third-order valence-corrected chi connectivity index (χ3v) is 2.81. The van der Waals surface area contributed by atoms with Crippen molar-refractivity contribution in [1.29, 1.82) is 0 Å². The second-order valence-corrected chi connectivity index (χ2v) is 4.36. The molecule has 0 aromatic heterocycles. The molecule has 0 aliphatic heterocycles. The molecular formula is C15H17NO. The highest BCUT2D eigenvalue weighted by atomic mass is 16.3. The zero-order chi connectivity index (χ0) is 12.3. The molecule has 0 fully saturated rings. The van der Waals surface area contributed by atoms with Crippen molar-refractivity contribution >= 4 is 5.69 Å². The fourth-order valence-corrected chi connectivity index (χ4v) is 1.82. The Morgan fingerprint density at radius 1 is 1.06 bits per heavy atom. The van der Waals surface area contributed by atoms with E-state index in [1.807, 2.05) is 12.1 Å². The minimum Gasteiger partial charge on any atom is -0.508 e. The van der Waals surface area contributed by atoms with Crippen molar-refractivity contribution in [2.24, 2.45) is 0 Å². The molecule has 0 radical (unpaired) electrons. The molecule has 2 aromatic rings. The molecule has 2 nitrogen and oxygen atoms in total. The minimum absolute atomic E-state index is 0.319. The number of rotatable bonds is 3. The number of aromatic hydroxyl groups is 1. The first-order valence-corrected chi connectivity index (χ1v) is 5.71. The van der Waals surface area contributed by atoms with Gasteiger partial charge in [-0.15, -0.1) is 0 Å². The predicted octanol–water partition coefficient (Wildman–Crippen LogP) is 3.34. The highest BCUT2D eigenvalue weighted by Crippen LogP contribution is 2.18. The van der Waals surface area contributed by atoms with Crippen LogP contribution in [0.4, 0.5) is 5.69 Å². The highest BCUT2D eigenvalue weighted by molar-refractivity contribution is 5.47. The Morgan fingerprint density at radius 3 is 2.41 bits per heavy atom. The summed E-state index contributed by atoms with van der Waals surface area (Å²) in [7, 11) is 2.05. The van der Waals surface area contributed by atoms with Gasteiger partial charge in [-0.05, 0) is 36.8 Å². The number of anilines is 1. The number of phenols is 1. The minimum atomic E-state index is 0.319. The van der Waals surface area contributed by atoms with E-state index in [0.29, 0.717) is 5.75 Å². The molecular weight excluding hydrogens is 210 g/mol. The Kier molecular flexibility index (Phi) is 3.33. The van der Waals surface area contributed by atoms with E-state index in [9.17, 15) is 5.11 Å². The number of nitrogens with zero attached hydrogens (tertiary/aromatic N) is 1. The second kappa shape index (κ2) is 4.91. The van der Waals surface area contributed by atoms with Crippen LogP contribution in [0.25, 0.3) is 0 Å². The van der Waals surface area contributed by atoms with Gasteiger partial charge in [-0.1, -0.05) is 29.8 Å². The normalized spacial score (nSPS) is 10.2. The van der Waals surface area contributed by atoms with Gasteiger partial charge in [0.25, 0.3) is 0 Å². The van der Waals surface area contributed by atoms with Crippen LogP contribution in [0.1, 0.15) is 11.1 Å². The Morgan fingerprint density at radius 2 is 1.76 bits per heavy atom. The molecule has 2 aromatic carbocycles. The molecule has 0 atom stereocenters. The first-order chi connectivity index (χ1) is 8.15. The summed E-state index contributed by atoms with van der Waals surface area (Å²) in [5.41, 5.74) is 3.55. The summed E-state index contributed by atoms with van der Waals surface area (Å²) in [5.74, 6) is 0.319. The highest BCUT2D eigenvalue weighted by Gasteiger charge is 2.02. The van der Waals surface area contributed by atoms with Gasteiger partial charge in [0.05, 0.1) is 0 Å². The lowest BCUT2D eigenvalue weighted by Crippen LogP contribution is -2.16. The number of benzene rings is 2. The summed E-state index contributed by atoms with van der Waals surface area (Å²) in [4.78, 5) is 2.16. The molecule has 2 rings (SSSR count). The molecule has 1 N–H and O–H groups in total. The van der Waals surface area contributed by atoms with Crippen LogP contribution in [0, 0.1) is 6.92 Å². The molecule has 0 saturated heterocycles. The number of hydrogen-bond donors (Lipinski definition) is 1. The summed E-state index contributed by atoms with van der Waals surface area (Å²) < 4.78 is 0. The van der Waals surface area contributed by atoms with Crippen LogP contribution in [0.3, 0.4) is 0 Å². The van der Waals surface area contributed by atoms with E-state index < -0.39 is 0 Å². The van der Waals surface area contributed by atoms with Gasteiger partial charge in [-0.25, -0.2) is 0 Å². The summed E-state index contributed by atoms with van der Waals surface area (Å²) in [6, 6.07) is 15.8. The van der Waals surface area contributed by atoms with Crippen molar-refractivity contribution in [3.63, 3.8) is 0 Å². The van der Waals surface area contributed by atoms with E-state index in [4.69, 9.17) is 0 Å². The molecule has 0 unspecified atom stereocenters. The van der Waals surface area contributed by atoms with E-state index >= 15 is 0 Å². The van der Waals surface area contributed by atoms with Gasteiger partial charge in [0.15, 0.2) is 0 Å². The Labute approximate surface area is 102 Å². The average molecular weight is 227 g/mol. The standard InChI is InChI=1S/C15H17NO/c1-12-6-8-14(9-7-12)16(2)11-13-4-3-5-15(17)10-13/h3-10,17H,11H2,1-2H3. The van der Waals surface area contributed by atoms with Gasteiger partial charge in [0.2, 0.25) is 0 Å². The summed E-state index contributed by atoms with van der Waals surface area (Å²) in [6.45, 7) is 2.87. The predicted molar refractivity (Wildman–Crippen MR) is 71.4 cm³/mol. The second-order valence-electron chi connectivity index (χ2n) is 4.36. The molecule has 17 heavy (non-hydrogen) atoms. The third-order valence-electron chi connectivity index (χ3n) is 2.81. The largest absolute Gasteiger partial charge is 0.508 e. The lowest BCUT2D eigenvalue weighted by Gasteiger charge is -2.19. The molecule has 0 saturated carbocycles. The molecule has 0 aliphatic rings. The molecule has 0 spiro atoms. The first-order valence-electron chi connectivity index (χ1n) is 5.71. The fourth-order valence-electron chi connectivity index (χ4n) is 1.82. The quantitative estimate of drug-likeness (QED) is 0.869. The first kappa shape index (κ1) is 11.5. The maximum absolute atomic E-state index is 9.41. The number of hydrogen-bond acceptors (Lipinski definition) is 2. The number of aryl methyl sites for hydroxylation is 1. The van der Waals surface area contributed by atoms with Crippen molar-refractivity contribution in [1.82, 2.24) is 0 Å². The van der Waals surface area contributed by atoms with Crippen molar-refractivity contribution in [2.75, 3.05) is 11.9 Å². The SMILES string of the molecule is Cc1ccc(N(C)Cc2cccc(O)c2)cc1. The maximum atomic E-state index is 9.41. The monoisotopic (exact) mass is 227 g/mol. The van der Waals surface area contributed by atoms with E-state index in [1.165, 1.54) is 11.3 Å². The molecule has 0 heterocycles. The van der Waals surface area contributed by atoms with Crippen molar-refractivity contribution in [3.05, 3.63) is 59.7 Å². The molecule has 0 bridgehead atoms. The van der Waals surface area contributed by atoms with Gasteiger partial charge in [0.1, 0.15) is 5.75 Å². The molecule has 88 valence electrons. The van der Waals surface area contributed by atoms with Crippen molar-refractivity contribution in [3.8, 4) is 5.75 Å². The Balaban J connectivity index is 2.11. The zero-order valence-corrected chi connectivity index (χ0v) is 10.2. The van der Waals surface area contributed by atoms with Gasteiger partial charge < -0.3 is 10.0 Å². The van der Waals surface area contributed by atoms with Gasteiger partial charge >= 0.3 is 0 Å². The summed E-state index contributed by atoms with van der Waals surface area (Å²) >= 11 is 0.